The van der Waals surface area contributed by atoms with Gasteiger partial charge in [-0.15, -0.1) is 10.2 Å². The smallest absolute Gasteiger partial charge is 0.289 e. The first-order valence-corrected chi connectivity index (χ1v) is 9.66. The lowest BCUT2D eigenvalue weighted by molar-refractivity contribution is 0.0932. The second kappa shape index (κ2) is 6.19. The van der Waals surface area contributed by atoms with E-state index in [0.717, 1.165) is 57.8 Å². The van der Waals surface area contributed by atoms with E-state index < -0.39 is 0 Å². The molecule has 1 N–H and O–H groups in total. The summed E-state index contributed by atoms with van der Waals surface area (Å²) < 4.78 is 4.03. The van der Waals surface area contributed by atoms with Crippen molar-refractivity contribution in [3.8, 4) is 0 Å². The van der Waals surface area contributed by atoms with Gasteiger partial charge in [-0.25, -0.2) is 0 Å². The van der Waals surface area contributed by atoms with Crippen LogP contribution in [0, 0.1) is 11.8 Å². The summed E-state index contributed by atoms with van der Waals surface area (Å²) in [7, 11) is 0. The van der Waals surface area contributed by atoms with E-state index in [-0.39, 0.29) is 5.91 Å². The Labute approximate surface area is 152 Å². The standard InChI is InChI=1S/C18H25N7O/c1-2-24-8-12(6-19-24)7-23-9-13-5-16-21-22-17(18(26)20-15-3-4-15)25(16)11-14(13)10-23/h6,8,13-15H,2-5,7,9-11H2,1H3,(H,20,26)/t13-,14-/m0/s1. The van der Waals surface area contributed by atoms with Crippen molar-refractivity contribution in [1.82, 2.24) is 34.8 Å². The van der Waals surface area contributed by atoms with Crippen LogP contribution in [0.25, 0.3) is 0 Å². The fourth-order valence-electron chi connectivity index (χ4n) is 4.32. The summed E-state index contributed by atoms with van der Waals surface area (Å²) in [5, 5.41) is 15.9. The van der Waals surface area contributed by atoms with Gasteiger partial charge in [-0.1, -0.05) is 0 Å². The molecule has 1 aliphatic carbocycles. The number of amides is 1. The molecule has 2 aromatic heterocycles. The summed E-state index contributed by atoms with van der Waals surface area (Å²) in [6.07, 6.45) is 7.19. The minimum atomic E-state index is -0.0634. The van der Waals surface area contributed by atoms with Crippen molar-refractivity contribution in [2.45, 2.75) is 51.9 Å². The minimum Gasteiger partial charge on any atom is -0.347 e. The predicted molar refractivity (Wildman–Crippen MR) is 94.4 cm³/mol. The summed E-state index contributed by atoms with van der Waals surface area (Å²) in [5.74, 6) is 2.56. The number of carbonyl (C=O) groups excluding carboxylic acids is 1. The average molecular weight is 355 g/mol. The number of likely N-dealkylation sites (tertiary alicyclic amines) is 1. The van der Waals surface area contributed by atoms with Crippen molar-refractivity contribution in [3.63, 3.8) is 0 Å². The van der Waals surface area contributed by atoms with Gasteiger partial charge in [0.05, 0.1) is 6.20 Å². The Balaban J connectivity index is 1.26. The Morgan fingerprint density at radius 2 is 2.08 bits per heavy atom. The largest absolute Gasteiger partial charge is 0.347 e. The lowest BCUT2D eigenvalue weighted by atomic mass is 9.89. The monoisotopic (exact) mass is 355 g/mol. The third-order valence-electron chi connectivity index (χ3n) is 5.87. The molecule has 0 radical (unpaired) electrons. The van der Waals surface area contributed by atoms with Crippen LogP contribution in [0.2, 0.25) is 0 Å². The molecule has 2 aliphatic heterocycles. The molecule has 8 heteroatoms. The number of hydrogen-bond donors (Lipinski definition) is 1. The Hall–Kier alpha value is -2.22. The summed E-state index contributed by atoms with van der Waals surface area (Å²) in [5.41, 5.74) is 1.27. The van der Waals surface area contributed by atoms with E-state index in [1.54, 1.807) is 0 Å². The lowest BCUT2D eigenvalue weighted by Crippen LogP contribution is -2.33. The molecule has 0 unspecified atom stereocenters. The van der Waals surface area contributed by atoms with Crippen LogP contribution < -0.4 is 5.32 Å². The van der Waals surface area contributed by atoms with E-state index in [4.69, 9.17) is 0 Å². The van der Waals surface area contributed by atoms with Gasteiger partial charge in [0, 0.05) is 56.9 Å². The van der Waals surface area contributed by atoms with Crippen molar-refractivity contribution < 1.29 is 4.79 Å². The molecule has 0 bridgehead atoms. The molecular weight excluding hydrogens is 330 g/mol. The molecule has 1 saturated heterocycles. The number of aromatic nitrogens is 5. The molecule has 1 saturated carbocycles. The number of rotatable bonds is 5. The van der Waals surface area contributed by atoms with Crippen LogP contribution in [0.5, 0.6) is 0 Å². The first kappa shape index (κ1) is 16.0. The summed E-state index contributed by atoms with van der Waals surface area (Å²) in [6.45, 7) is 6.95. The van der Waals surface area contributed by atoms with Gasteiger partial charge in [0.1, 0.15) is 5.82 Å². The second-order valence-corrected chi connectivity index (χ2v) is 7.92. The van der Waals surface area contributed by atoms with Gasteiger partial charge in [0.25, 0.3) is 5.91 Å². The van der Waals surface area contributed by atoms with Crippen LogP contribution in [-0.2, 0) is 26.1 Å². The Morgan fingerprint density at radius 3 is 2.85 bits per heavy atom. The second-order valence-electron chi connectivity index (χ2n) is 7.92. The molecule has 5 rings (SSSR count). The summed E-state index contributed by atoms with van der Waals surface area (Å²) in [4.78, 5) is 14.9. The van der Waals surface area contributed by atoms with Crippen LogP contribution in [0.3, 0.4) is 0 Å². The molecule has 4 heterocycles. The fraction of sp³-hybridized carbons (Fsp3) is 0.667. The Bertz CT molecular complexity index is 821. The Morgan fingerprint density at radius 1 is 1.23 bits per heavy atom. The van der Waals surface area contributed by atoms with Crippen LogP contribution in [0.15, 0.2) is 12.4 Å². The van der Waals surface area contributed by atoms with E-state index in [1.165, 1.54) is 5.56 Å². The van der Waals surface area contributed by atoms with Gasteiger partial charge in [0.2, 0.25) is 5.82 Å². The molecule has 0 aromatic carbocycles. The quantitative estimate of drug-likeness (QED) is 0.854. The van der Waals surface area contributed by atoms with Crippen LogP contribution in [0.1, 0.15) is 41.8 Å². The SMILES string of the molecule is CCn1cc(CN2C[C@@H]3Cc4nnc(C(=O)NC5CC5)n4C[C@@H]3C2)cn1. The average Bonchev–Trinajstić information content (AvgIpc) is 3.04. The lowest BCUT2D eigenvalue weighted by Gasteiger charge is -2.25. The third-order valence-corrected chi connectivity index (χ3v) is 5.87. The zero-order valence-electron chi connectivity index (χ0n) is 15.1. The van der Waals surface area contributed by atoms with Gasteiger partial charge in [-0.05, 0) is 31.6 Å². The zero-order valence-corrected chi connectivity index (χ0v) is 15.1. The van der Waals surface area contributed by atoms with E-state index in [2.05, 4.69) is 43.2 Å². The number of aryl methyl sites for hydroxylation is 1. The molecule has 8 nitrogen and oxygen atoms in total. The molecule has 2 atom stereocenters. The van der Waals surface area contributed by atoms with Gasteiger partial charge < -0.3 is 9.88 Å². The van der Waals surface area contributed by atoms with Gasteiger partial charge in [-0.2, -0.15) is 5.10 Å². The van der Waals surface area contributed by atoms with Crippen molar-refractivity contribution in [3.05, 3.63) is 29.6 Å². The first-order chi connectivity index (χ1) is 12.7. The highest BCUT2D eigenvalue weighted by Gasteiger charge is 2.39. The maximum absolute atomic E-state index is 12.4. The molecule has 2 aromatic rings. The summed E-state index contributed by atoms with van der Waals surface area (Å²) >= 11 is 0. The predicted octanol–water partition coefficient (Wildman–Crippen LogP) is 0.691. The maximum atomic E-state index is 12.4. The normalized spacial score (nSPS) is 25.1. The molecule has 3 aliphatic rings. The number of hydrogen-bond acceptors (Lipinski definition) is 5. The number of carbonyl (C=O) groups is 1. The zero-order chi connectivity index (χ0) is 17.7. The highest BCUT2D eigenvalue weighted by atomic mass is 16.2. The Kier molecular flexibility index (Phi) is 3.81. The summed E-state index contributed by atoms with van der Waals surface area (Å²) in [6, 6.07) is 0.345. The van der Waals surface area contributed by atoms with Gasteiger partial charge in [0.15, 0.2) is 0 Å². The van der Waals surface area contributed by atoms with Crippen LogP contribution in [0.4, 0.5) is 0 Å². The first-order valence-electron chi connectivity index (χ1n) is 9.66. The number of fused-ring (bicyclic) bond motifs is 2. The van der Waals surface area contributed by atoms with Gasteiger partial charge in [-0.3, -0.25) is 14.4 Å². The van der Waals surface area contributed by atoms with Crippen molar-refractivity contribution in [2.75, 3.05) is 13.1 Å². The topological polar surface area (TPSA) is 80.9 Å². The van der Waals surface area contributed by atoms with Gasteiger partial charge >= 0.3 is 0 Å². The number of nitrogens with zero attached hydrogens (tertiary/aromatic N) is 6. The van der Waals surface area contributed by atoms with E-state index in [0.29, 0.717) is 23.7 Å². The molecule has 2 fully saturated rings. The van der Waals surface area contributed by atoms with Crippen LogP contribution in [-0.4, -0.2) is 54.5 Å². The van der Waals surface area contributed by atoms with Crippen molar-refractivity contribution in [1.29, 1.82) is 0 Å². The molecular formula is C18H25N7O. The van der Waals surface area contributed by atoms with Crippen molar-refractivity contribution in [2.24, 2.45) is 11.8 Å². The molecule has 0 spiro atoms. The highest BCUT2D eigenvalue weighted by Crippen LogP contribution is 2.33. The number of nitrogens with one attached hydrogen (secondary N) is 1. The molecule has 26 heavy (non-hydrogen) atoms. The van der Waals surface area contributed by atoms with Crippen LogP contribution >= 0.6 is 0 Å². The van der Waals surface area contributed by atoms with E-state index in [1.807, 2.05) is 10.9 Å². The van der Waals surface area contributed by atoms with Crippen molar-refractivity contribution >= 4 is 5.91 Å². The maximum Gasteiger partial charge on any atom is 0.289 e. The fourth-order valence-corrected chi connectivity index (χ4v) is 4.32. The van der Waals surface area contributed by atoms with E-state index in [9.17, 15) is 4.79 Å². The molecule has 138 valence electrons. The molecule has 1 amide bonds. The minimum absolute atomic E-state index is 0.0634. The third kappa shape index (κ3) is 2.92. The van der Waals surface area contributed by atoms with E-state index >= 15 is 0 Å². The highest BCUT2D eigenvalue weighted by molar-refractivity contribution is 5.91.